The fourth-order valence-corrected chi connectivity index (χ4v) is 1.62. The molecule has 2 aromatic rings. The molecule has 1 N–H and O–H groups in total. The minimum atomic E-state index is -0.285. The standard InChI is InChI=1S/C11H16N4O/c1-9(16)4-7-14(2)11-10-3-5-13-15(10)8-6-12-11/h3,5-6,8-9,16H,4,7H2,1-2H3. The Labute approximate surface area is 94.3 Å². The van der Waals surface area contributed by atoms with Crippen LogP contribution in [0.25, 0.3) is 5.52 Å². The van der Waals surface area contributed by atoms with Gasteiger partial charge in [0.2, 0.25) is 0 Å². The summed E-state index contributed by atoms with van der Waals surface area (Å²) in [5.41, 5.74) is 0.982. The van der Waals surface area contributed by atoms with E-state index in [4.69, 9.17) is 0 Å². The third kappa shape index (κ3) is 2.14. The van der Waals surface area contributed by atoms with E-state index in [1.54, 1.807) is 23.8 Å². The number of aromatic nitrogens is 3. The Bertz CT molecular complexity index is 466. The van der Waals surface area contributed by atoms with Crippen LogP contribution in [0.4, 0.5) is 5.82 Å². The Morgan fingerprint density at radius 1 is 1.50 bits per heavy atom. The van der Waals surface area contributed by atoms with Gasteiger partial charge in [0.05, 0.1) is 12.3 Å². The molecule has 2 heterocycles. The molecule has 0 aliphatic heterocycles. The molecule has 2 aromatic heterocycles. The molecule has 86 valence electrons. The van der Waals surface area contributed by atoms with Gasteiger partial charge < -0.3 is 10.0 Å². The topological polar surface area (TPSA) is 53.7 Å². The summed E-state index contributed by atoms with van der Waals surface area (Å²) in [5.74, 6) is 0.889. The van der Waals surface area contributed by atoms with Gasteiger partial charge in [-0.25, -0.2) is 9.50 Å². The van der Waals surface area contributed by atoms with Crippen LogP contribution >= 0.6 is 0 Å². The van der Waals surface area contributed by atoms with Crippen molar-refractivity contribution in [2.75, 3.05) is 18.5 Å². The lowest BCUT2D eigenvalue weighted by Gasteiger charge is -2.19. The second kappa shape index (κ2) is 4.49. The van der Waals surface area contributed by atoms with Crippen LogP contribution in [-0.4, -0.2) is 39.4 Å². The average molecular weight is 220 g/mol. The predicted octanol–water partition coefficient (Wildman–Crippen LogP) is 0.936. The summed E-state index contributed by atoms with van der Waals surface area (Å²) < 4.78 is 1.79. The van der Waals surface area contributed by atoms with Crippen molar-refractivity contribution in [1.29, 1.82) is 0 Å². The molecule has 1 atom stereocenters. The van der Waals surface area contributed by atoms with Crippen LogP contribution in [0.5, 0.6) is 0 Å². The van der Waals surface area contributed by atoms with Gasteiger partial charge >= 0.3 is 0 Å². The second-order valence-corrected chi connectivity index (χ2v) is 3.97. The molecule has 0 aromatic carbocycles. The summed E-state index contributed by atoms with van der Waals surface area (Å²) >= 11 is 0. The first-order chi connectivity index (χ1) is 7.68. The highest BCUT2D eigenvalue weighted by molar-refractivity contribution is 5.67. The fraction of sp³-hybridized carbons (Fsp3) is 0.455. The van der Waals surface area contributed by atoms with Crippen LogP contribution in [0.1, 0.15) is 13.3 Å². The first kappa shape index (κ1) is 10.9. The number of hydrogen-bond donors (Lipinski definition) is 1. The normalized spacial score (nSPS) is 12.9. The molecule has 0 aliphatic carbocycles. The minimum Gasteiger partial charge on any atom is -0.393 e. The van der Waals surface area contributed by atoms with E-state index in [0.717, 1.165) is 24.3 Å². The van der Waals surface area contributed by atoms with Crippen molar-refractivity contribution in [3.05, 3.63) is 24.7 Å². The summed E-state index contributed by atoms with van der Waals surface area (Å²) in [7, 11) is 1.97. The quantitative estimate of drug-likeness (QED) is 0.833. The third-order valence-electron chi connectivity index (χ3n) is 2.55. The molecule has 0 saturated carbocycles. The Morgan fingerprint density at radius 3 is 3.06 bits per heavy atom. The van der Waals surface area contributed by atoms with Gasteiger partial charge in [-0.05, 0) is 19.4 Å². The molecule has 0 radical (unpaired) electrons. The van der Waals surface area contributed by atoms with Crippen molar-refractivity contribution >= 4 is 11.3 Å². The smallest absolute Gasteiger partial charge is 0.154 e. The zero-order valence-corrected chi connectivity index (χ0v) is 9.54. The van der Waals surface area contributed by atoms with Crippen molar-refractivity contribution in [1.82, 2.24) is 14.6 Å². The summed E-state index contributed by atoms with van der Waals surface area (Å²) in [6.45, 7) is 2.57. The van der Waals surface area contributed by atoms with E-state index in [9.17, 15) is 5.11 Å². The third-order valence-corrected chi connectivity index (χ3v) is 2.55. The Morgan fingerprint density at radius 2 is 2.31 bits per heavy atom. The number of anilines is 1. The van der Waals surface area contributed by atoms with Gasteiger partial charge in [-0.15, -0.1) is 0 Å². The van der Waals surface area contributed by atoms with Crippen LogP contribution in [0.15, 0.2) is 24.7 Å². The van der Waals surface area contributed by atoms with Gasteiger partial charge in [0.15, 0.2) is 5.82 Å². The Hall–Kier alpha value is -1.62. The van der Waals surface area contributed by atoms with Gasteiger partial charge in [0.1, 0.15) is 5.52 Å². The zero-order chi connectivity index (χ0) is 11.5. The van der Waals surface area contributed by atoms with Gasteiger partial charge in [-0.2, -0.15) is 5.10 Å². The molecule has 5 nitrogen and oxygen atoms in total. The van der Waals surface area contributed by atoms with Crippen molar-refractivity contribution in [2.24, 2.45) is 0 Å². The number of fused-ring (bicyclic) bond motifs is 1. The predicted molar refractivity (Wildman–Crippen MR) is 62.6 cm³/mol. The molecule has 0 aliphatic rings. The van der Waals surface area contributed by atoms with Gasteiger partial charge in [0, 0.05) is 26.0 Å². The maximum absolute atomic E-state index is 9.26. The average Bonchev–Trinajstić information content (AvgIpc) is 2.73. The van der Waals surface area contributed by atoms with Crippen LogP contribution in [0.3, 0.4) is 0 Å². The molecule has 5 heteroatoms. The molecule has 0 bridgehead atoms. The van der Waals surface area contributed by atoms with Gasteiger partial charge in [-0.1, -0.05) is 0 Å². The van der Waals surface area contributed by atoms with Crippen LogP contribution in [0.2, 0.25) is 0 Å². The Balaban J connectivity index is 2.22. The van der Waals surface area contributed by atoms with Crippen molar-refractivity contribution in [3.8, 4) is 0 Å². The zero-order valence-electron chi connectivity index (χ0n) is 9.54. The fourth-order valence-electron chi connectivity index (χ4n) is 1.62. The lowest BCUT2D eigenvalue weighted by atomic mass is 10.3. The van der Waals surface area contributed by atoms with E-state index in [-0.39, 0.29) is 6.10 Å². The largest absolute Gasteiger partial charge is 0.393 e. The van der Waals surface area contributed by atoms with E-state index in [1.807, 2.05) is 24.2 Å². The first-order valence-electron chi connectivity index (χ1n) is 5.36. The van der Waals surface area contributed by atoms with Crippen molar-refractivity contribution in [2.45, 2.75) is 19.4 Å². The van der Waals surface area contributed by atoms with E-state index >= 15 is 0 Å². The summed E-state index contributed by atoms with van der Waals surface area (Å²) in [6.07, 6.45) is 5.75. The van der Waals surface area contributed by atoms with Crippen molar-refractivity contribution in [3.63, 3.8) is 0 Å². The lowest BCUT2D eigenvalue weighted by Crippen LogP contribution is -2.23. The molecule has 2 rings (SSSR count). The minimum absolute atomic E-state index is 0.285. The van der Waals surface area contributed by atoms with E-state index in [2.05, 4.69) is 10.1 Å². The van der Waals surface area contributed by atoms with Crippen LogP contribution < -0.4 is 4.90 Å². The number of aliphatic hydroxyl groups is 1. The second-order valence-electron chi connectivity index (χ2n) is 3.97. The number of hydrogen-bond acceptors (Lipinski definition) is 4. The monoisotopic (exact) mass is 220 g/mol. The van der Waals surface area contributed by atoms with Crippen LogP contribution in [-0.2, 0) is 0 Å². The molecule has 0 amide bonds. The summed E-state index contributed by atoms with van der Waals surface area (Å²) in [6, 6.07) is 1.93. The highest BCUT2D eigenvalue weighted by Gasteiger charge is 2.08. The maximum atomic E-state index is 9.26. The van der Waals surface area contributed by atoms with E-state index < -0.39 is 0 Å². The number of rotatable bonds is 4. The highest BCUT2D eigenvalue weighted by atomic mass is 16.3. The molecular formula is C11H16N4O. The van der Waals surface area contributed by atoms with Crippen LogP contribution in [0, 0.1) is 0 Å². The van der Waals surface area contributed by atoms with Crippen molar-refractivity contribution < 1.29 is 5.11 Å². The van der Waals surface area contributed by atoms with Gasteiger partial charge in [-0.3, -0.25) is 0 Å². The molecule has 16 heavy (non-hydrogen) atoms. The van der Waals surface area contributed by atoms with E-state index in [0.29, 0.717) is 0 Å². The number of nitrogens with zero attached hydrogens (tertiary/aromatic N) is 4. The molecule has 0 spiro atoms. The first-order valence-corrected chi connectivity index (χ1v) is 5.36. The lowest BCUT2D eigenvalue weighted by molar-refractivity contribution is 0.187. The summed E-state index contributed by atoms with van der Waals surface area (Å²) in [4.78, 5) is 6.37. The Kier molecular flexibility index (Phi) is 3.05. The molecule has 0 fully saturated rings. The maximum Gasteiger partial charge on any atom is 0.154 e. The highest BCUT2D eigenvalue weighted by Crippen LogP contribution is 2.16. The molecular weight excluding hydrogens is 204 g/mol. The summed E-state index contributed by atoms with van der Waals surface area (Å²) in [5, 5.41) is 13.4. The van der Waals surface area contributed by atoms with E-state index in [1.165, 1.54) is 0 Å². The SMILES string of the molecule is CC(O)CCN(C)c1nccn2nccc12. The molecule has 1 unspecified atom stereocenters. The number of aliphatic hydroxyl groups excluding tert-OH is 1. The van der Waals surface area contributed by atoms with Gasteiger partial charge in [0.25, 0.3) is 0 Å². The molecule has 0 saturated heterocycles.